The first kappa shape index (κ1) is 17.2. The molecule has 1 amide bonds. The van der Waals surface area contributed by atoms with E-state index in [2.05, 4.69) is 0 Å². The van der Waals surface area contributed by atoms with Gasteiger partial charge in [0.15, 0.2) is 0 Å². The molecule has 3 atom stereocenters. The molecule has 1 aromatic rings. The number of rotatable bonds is 4. The van der Waals surface area contributed by atoms with E-state index < -0.39 is 11.9 Å². The second kappa shape index (κ2) is 7.40. The van der Waals surface area contributed by atoms with Crippen LogP contribution in [0.3, 0.4) is 0 Å². The van der Waals surface area contributed by atoms with E-state index in [4.69, 9.17) is 16.3 Å². The number of benzene rings is 1. The van der Waals surface area contributed by atoms with Crippen molar-refractivity contribution in [1.29, 1.82) is 0 Å². The highest BCUT2D eigenvalue weighted by atomic mass is 35.5. The molecule has 1 aliphatic carbocycles. The number of likely N-dealkylation sites (N-methyl/N-ethyl adjacent to an activating group) is 1. The maximum atomic E-state index is 13.8. The zero-order chi connectivity index (χ0) is 16.3. The van der Waals surface area contributed by atoms with Crippen molar-refractivity contribution in [2.24, 2.45) is 0 Å². The van der Waals surface area contributed by atoms with Crippen LogP contribution in [0.4, 0.5) is 4.39 Å². The third-order valence-electron chi connectivity index (χ3n) is 4.35. The Kier molecular flexibility index (Phi) is 5.78. The monoisotopic (exact) mass is 329 g/mol. The molecule has 0 unspecified atom stereocenters. The molecule has 1 aliphatic rings. The van der Waals surface area contributed by atoms with Crippen LogP contribution in [0.15, 0.2) is 18.2 Å². The topological polar surface area (TPSA) is 49.8 Å². The Bertz CT molecular complexity index is 520. The molecule has 0 heterocycles. The summed E-state index contributed by atoms with van der Waals surface area (Å²) >= 11 is 5.96. The highest BCUT2D eigenvalue weighted by Gasteiger charge is 2.36. The summed E-state index contributed by atoms with van der Waals surface area (Å²) in [6, 6.07) is 4.02. The van der Waals surface area contributed by atoms with Gasteiger partial charge >= 0.3 is 0 Å². The van der Waals surface area contributed by atoms with Crippen molar-refractivity contribution >= 4 is 17.5 Å². The third kappa shape index (κ3) is 3.59. The van der Waals surface area contributed by atoms with Crippen LogP contribution in [0.25, 0.3) is 0 Å². The van der Waals surface area contributed by atoms with E-state index in [1.807, 2.05) is 0 Å². The third-order valence-corrected chi connectivity index (χ3v) is 4.70. The van der Waals surface area contributed by atoms with Crippen LogP contribution in [-0.2, 0) is 16.0 Å². The molecular weight excluding hydrogens is 309 g/mol. The maximum Gasteiger partial charge on any atom is 0.227 e. The maximum absolute atomic E-state index is 13.8. The number of carbonyl (C=O) groups excluding carboxylic acids is 1. The Labute approximate surface area is 134 Å². The van der Waals surface area contributed by atoms with E-state index >= 15 is 0 Å². The normalized spacial score (nSPS) is 25.0. The number of carbonyl (C=O) groups is 1. The highest BCUT2D eigenvalue weighted by Crippen LogP contribution is 2.26. The lowest BCUT2D eigenvalue weighted by Gasteiger charge is -2.39. The summed E-state index contributed by atoms with van der Waals surface area (Å²) in [6.45, 7) is 0. The van der Waals surface area contributed by atoms with E-state index in [0.29, 0.717) is 6.42 Å². The summed E-state index contributed by atoms with van der Waals surface area (Å²) < 4.78 is 19.0. The van der Waals surface area contributed by atoms with Crippen molar-refractivity contribution in [3.8, 4) is 0 Å². The van der Waals surface area contributed by atoms with Gasteiger partial charge < -0.3 is 14.7 Å². The molecule has 0 bridgehead atoms. The lowest BCUT2D eigenvalue weighted by Crippen LogP contribution is -2.52. The molecule has 0 saturated heterocycles. The van der Waals surface area contributed by atoms with Crippen LogP contribution in [-0.4, -0.2) is 48.3 Å². The Morgan fingerprint density at radius 1 is 1.50 bits per heavy atom. The molecule has 1 saturated carbocycles. The van der Waals surface area contributed by atoms with Crippen LogP contribution >= 0.6 is 11.6 Å². The van der Waals surface area contributed by atoms with Crippen molar-refractivity contribution in [2.45, 2.75) is 43.9 Å². The van der Waals surface area contributed by atoms with Crippen molar-refractivity contribution in [3.05, 3.63) is 34.6 Å². The Hall–Kier alpha value is -1.17. The van der Waals surface area contributed by atoms with Crippen LogP contribution < -0.4 is 0 Å². The van der Waals surface area contributed by atoms with Crippen molar-refractivity contribution in [1.82, 2.24) is 4.90 Å². The number of nitrogens with zero attached hydrogens (tertiary/aromatic N) is 1. The van der Waals surface area contributed by atoms with Crippen LogP contribution in [0.2, 0.25) is 5.02 Å². The lowest BCUT2D eigenvalue weighted by molar-refractivity contribution is -0.139. The largest absolute Gasteiger partial charge is 0.388 e. The van der Waals surface area contributed by atoms with Gasteiger partial charge in [-0.25, -0.2) is 4.39 Å². The van der Waals surface area contributed by atoms with Gasteiger partial charge in [-0.15, -0.1) is 0 Å². The first-order valence-corrected chi connectivity index (χ1v) is 7.73. The molecular formula is C16H21ClFNO3. The lowest BCUT2D eigenvalue weighted by atomic mass is 9.88. The van der Waals surface area contributed by atoms with E-state index in [9.17, 15) is 14.3 Å². The molecule has 2 rings (SSSR count). The number of hydrogen-bond acceptors (Lipinski definition) is 3. The molecule has 1 aromatic carbocycles. The van der Waals surface area contributed by atoms with Crippen molar-refractivity contribution < 1.29 is 19.0 Å². The Morgan fingerprint density at radius 2 is 2.23 bits per heavy atom. The molecule has 0 aromatic heterocycles. The summed E-state index contributed by atoms with van der Waals surface area (Å²) in [7, 11) is 3.18. The molecule has 0 radical (unpaired) electrons. The van der Waals surface area contributed by atoms with Gasteiger partial charge in [0.2, 0.25) is 5.91 Å². The fourth-order valence-electron chi connectivity index (χ4n) is 2.96. The summed E-state index contributed by atoms with van der Waals surface area (Å²) in [6.07, 6.45) is 1.22. The second-order valence-corrected chi connectivity index (χ2v) is 6.05. The molecule has 0 spiro atoms. The number of hydrogen-bond donors (Lipinski definition) is 1. The van der Waals surface area contributed by atoms with Gasteiger partial charge in [0, 0.05) is 24.7 Å². The molecule has 1 fully saturated rings. The molecule has 22 heavy (non-hydrogen) atoms. The summed E-state index contributed by atoms with van der Waals surface area (Å²) in [5, 5.41) is 10.5. The van der Waals surface area contributed by atoms with E-state index in [1.165, 1.54) is 17.0 Å². The number of amides is 1. The fourth-order valence-corrected chi connectivity index (χ4v) is 3.19. The summed E-state index contributed by atoms with van der Waals surface area (Å²) in [5.41, 5.74) is 0.189. The summed E-state index contributed by atoms with van der Waals surface area (Å²) in [4.78, 5) is 13.9. The average Bonchev–Trinajstić information content (AvgIpc) is 2.50. The van der Waals surface area contributed by atoms with Crippen LogP contribution in [0.5, 0.6) is 0 Å². The van der Waals surface area contributed by atoms with Crippen molar-refractivity contribution in [2.75, 3.05) is 14.2 Å². The smallest absolute Gasteiger partial charge is 0.227 e. The zero-order valence-corrected chi connectivity index (χ0v) is 13.5. The van der Waals surface area contributed by atoms with Gasteiger partial charge in [-0.1, -0.05) is 17.7 Å². The number of aliphatic hydroxyl groups is 1. The van der Waals surface area contributed by atoms with Gasteiger partial charge in [-0.3, -0.25) is 4.79 Å². The molecule has 6 heteroatoms. The molecule has 4 nitrogen and oxygen atoms in total. The average molecular weight is 330 g/mol. The van der Waals surface area contributed by atoms with Gasteiger partial charge in [-0.2, -0.15) is 0 Å². The summed E-state index contributed by atoms with van der Waals surface area (Å²) in [5.74, 6) is -0.763. The molecule has 0 aliphatic heterocycles. The Balaban J connectivity index is 2.09. The van der Waals surface area contributed by atoms with Crippen molar-refractivity contribution in [3.63, 3.8) is 0 Å². The Morgan fingerprint density at radius 3 is 2.86 bits per heavy atom. The first-order valence-electron chi connectivity index (χ1n) is 7.35. The second-order valence-electron chi connectivity index (χ2n) is 5.64. The minimum atomic E-state index is -0.733. The quantitative estimate of drug-likeness (QED) is 0.923. The van der Waals surface area contributed by atoms with Gasteiger partial charge in [-0.05, 0) is 31.4 Å². The van der Waals surface area contributed by atoms with Gasteiger partial charge in [0.1, 0.15) is 11.9 Å². The van der Waals surface area contributed by atoms with Gasteiger partial charge in [0.05, 0.1) is 18.6 Å². The van der Waals surface area contributed by atoms with Crippen LogP contribution in [0, 0.1) is 5.82 Å². The minimum Gasteiger partial charge on any atom is -0.388 e. The minimum absolute atomic E-state index is 0.122. The predicted octanol–water partition coefficient (Wildman–Crippen LogP) is 2.41. The predicted molar refractivity (Wildman–Crippen MR) is 82.3 cm³/mol. The van der Waals surface area contributed by atoms with Crippen LogP contribution in [0.1, 0.15) is 24.8 Å². The first-order chi connectivity index (χ1) is 10.5. The molecule has 1 N–H and O–H groups in total. The van der Waals surface area contributed by atoms with E-state index in [0.717, 1.165) is 12.8 Å². The zero-order valence-electron chi connectivity index (χ0n) is 12.8. The number of aliphatic hydroxyl groups excluding tert-OH is 1. The van der Waals surface area contributed by atoms with Gasteiger partial charge in [0.25, 0.3) is 0 Å². The molecule has 122 valence electrons. The standard InChI is InChI=1S/C16H21ClFNO3/c1-19(13-7-4-8-14(22-2)16(13)21)15(20)9-10-11(17)5-3-6-12(10)18/h3,5-6,13-14,16,21H,4,7-9H2,1-2H3/t13-,14-,16-/m1/s1. The number of ether oxygens (including phenoxy) is 1. The van der Waals surface area contributed by atoms with E-state index in [-0.39, 0.29) is 35.1 Å². The number of methoxy groups -OCH3 is 1. The fraction of sp³-hybridized carbons (Fsp3) is 0.562. The highest BCUT2D eigenvalue weighted by molar-refractivity contribution is 6.31. The van der Waals surface area contributed by atoms with E-state index in [1.54, 1.807) is 20.2 Å². The SMILES string of the molecule is CO[C@@H]1CCC[C@@H](N(C)C(=O)Cc2c(F)cccc2Cl)[C@H]1O. The number of halogens is 2.